The van der Waals surface area contributed by atoms with E-state index in [1.165, 1.54) is 6.33 Å². The van der Waals surface area contributed by atoms with Crippen LogP contribution in [0, 0.1) is 0 Å². The monoisotopic (exact) mass is 425 g/mol. The lowest BCUT2D eigenvalue weighted by Gasteiger charge is -2.26. The lowest BCUT2D eigenvalue weighted by atomic mass is 9.92. The van der Waals surface area contributed by atoms with E-state index in [9.17, 15) is 0 Å². The first kappa shape index (κ1) is 18.9. The van der Waals surface area contributed by atoms with Gasteiger partial charge in [-0.15, -0.1) is 0 Å². The Labute approximate surface area is 184 Å². The maximum Gasteiger partial charge on any atom is 0.227 e. The number of hydrogen-bond donors (Lipinski definition) is 2. The third-order valence-corrected chi connectivity index (χ3v) is 6.30. The number of oxazole rings is 1. The fraction of sp³-hybridized carbons (Fsp3) is 0.250. The zero-order valence-corrected chi connectivity index (χ0v) is 17.5. The molecule has 4 N–H and O–H groups in total. The minimum absolute atomic E-state index is 0.263. The third-order valence-electron chi connectivity index (χ3n) is 6.30. The van der Waals surface area contributed by atoms with Crippen molar-refractivity contribution < 1.29 is 4.42 Å². The highest BCUT2D eigenvalue weighted by Gasteiger charge is 2.25. The Bertz CT molecular complexity index is 1380. The maximum absolute atomic E-state index is 6.27. The highest BCUT2D eigenvalue weighted by atomic mass is 16.3. The van der Waals surface area contributed by atoms with Crippen molar-refractivity contribution in [2.24, 2.45) is 5.73 Å². The molecule has 0 radical (unpaired) electrons. The number of rotatable bonds is 3. The molecule has 0 aliphatic heterocycles. The number of aromatic nitrogens is 5. The Morgan fingerprint density at radius 1 is 0.906 bits per heavy atom. The zero-order chi connectivity index (χ0) is 21.7. The summed E-state index contributed by atoms with van der Waals surface area (Å²) in [5, 5.41) is 5.75. The van der Waals surface area contributed by atoms with E-state index in [1.54, 1.807) is 0 Å². The molecule has 0 saturated heterocycles. The number of fused-ring (bicyclic) bond motifs is 2. The van der Waals surface area contributed by atoms with Crippen LogP contribution in [0.5, 0.6) is 0 Å². The number of nitrogen functional groups attached to an aromatic ring is 1. The molecule has 0 unspecified atom stereocenters. The van der Waals surface area contributed by atoms with Gasteiger partial charge in [0.05, 0.1) is 11.4 Å². The predicted octanol–water partition coefficient (Wildman–Crippen LogP) is 4.33. The quantitative estimate of drug-likeness (QED) is 0.441. The van der Waals surface area contributed by atoms with Crippen LogP contribution in [0.25, 0.3) is 44.8 Å². The van der Waals surface area contributed by atoms with Gasteiger partial charge < -0.3 is 15.9 Å². The van der Waals surface area contributed by atoms with Gasteiger partial charge in [0.25, 0.3) is 0 Å². The smallest absolute Gasteiger partial charge is 0.227 e. The van der Waals surface area contributed by atoms with Gasteiger partial charge in [-0.1, -0.05) is 24.3 Å². The fourth-order valence-electron chi connectivity index (χ4n) is 4.56. The summed E-state index contributed by atoms with van der Waals surface area (Å²) in [6.45, 7) is 0. The number of nitrogens with zero attached hydrogens (tertiary/aromatic N) is 5. The third kappa shape index (κ3) is 3.11. The van der Waals surface area contributed by atoms with Crippen molar-refractivity contribution in [1.82, 2.24) is 24.7 Å². The van der Waals surface area contributed by atoms with Crippen LogP contribution in [0.15, 0.2) is 59.3 Å². The molecule has 1 aliphatic rings. The largest absolute Gasteiger partial charge is 0.436 e. The average Bonchev–Trinajstić information content (AvgIpc) is 3.43. The summed E-state index contributed by atoms with van der Waals surface area (Å²) in [4.78, 5) is 13.3. The molecule has 5 aromatic rings. The molecular formula is C24H23N7O. The molecule has 1 fully saturated rings. The van der Waals surface area contributed by atoms with E-state index >= 15 is 0 Å². The summed E-state index contributed by atoms with van der Waals surface area (Å²) in [6, 6.07) is 16.3. The lowest BCUT2D eigenvalue weighted by Crippen LogP contribution is -2.28. The summed E-state index contributed by atoms with van der Waals surface area (Å²) in [5.74, 6) is 1.03. The van der Waals surface area contributed by atoms with Crippen molar-refractivity contribution in [2.75, 3.05) is 5.73 Å². The highest BCUT2D eigenvalue weighted by Crippen LogP contribution is 2.36. The van der Waals surface area contributed by atoms with Gasteiger partial charge in [-0.05, 0) is 49.9 Å². The van der Waals surface area contributed by atoms with E-state index in [4.69, 9.17) is 21.0 Å². The zero-order valence-electron chi connectivity index (χ0n) is 17.5. The second-order valence-electron chi connectivity index (χ2n) is 8.38. The number of benzene rings is 2. The SMILES string of the molecule is Nc1ncnc2c1c(-c1ccc(-c3nc4ccccc4o3)cc1)nn2C1CCC(N)CC1. The Balaban J connectivity index is 1.41. The van der Waals surface area contributed by atoms with Crippen molar-refractivity contribution in [3.8, 4) is 22.7 Å². The lowest BCUT2D eigenvalue weighted by molar-refractivity contribution is 0.310. The molecule has 6 rings (SSSR count). The summed E-state index contributed by atoms with van der Waals surface area (Å²) in [5.41, 5.74) is 17.4. The molecule has 0 amide bonds. The van der Waals surface area contributed by atoms with Gasteiger partial charge in [0.1, 0.15) is 23.4 Å². The molecular weight excluding hydrogens is 402 g/mol. The molecule has 8 heteroatoms. The summed E-state index contributed by atoms with van der Waals surface area (Å²) in [7, 11) is 0. The first-order chi connectivity index (χ1) is 15.7. The van der Waals surface area contributed by atoms with Crippen LogP contribution in [0.1, 0.15) is 31.7 Å². The standard InChI is InChI=1S/C24H23N7O/c25-16-9-11-17(12-10-16)31-23-20(22(26)27-13-28-23)21(30-31)14-5-7-15(8-6-14)24-29-18-3-1-2-4-19(18)32-24/h1-8,13,16-17H,9-12,25H2,(H2,26,27,28). The normalized spacial score (nSPS) is 19.0. The van der Waals surface area contributed by atoms with Gasteiger partial charge in [0.2, 0.25) is 5.89 Å². The average molecular weight is 425 g/mol. The molecule has 0 atom stereocenters. The Morgan fingerprint density at radius 3 is 2.44 bits per heavy atom. The van der Waals surface area contributed by atoms with Gasteiger partial charge >= 0.3 is 0 Å². The maximum atomic E-state index is 6.27. The predicted molar refractivity (Wildman–Crippen MR) is 124 cm³/mol. The van der Waals surface area contributed by atoms with Crippen molar-refractivity contribution in [1.29, 1.82) is 0 Å². The van der Waals surface area contributed by atoms with Gasteiger partial charge in [-0.3, -0.25) is 0 Å². The van der Waals surface area contributed by atoms with Gasteiger partial charge in [0, 0.05) is 17.2 Å². The van der Waals surface area contributed by atoms with Crippen molar-refractivity contribution >= 4 is 28.0 Å². The van der Waals surface area contributed by atoms with Crippen LogP contribution in [-0.4, -0.2) is 30.8 Å². The van der Waals surface area contributed by atoms with Crippen molar-refractivity contribution in [3.63, 3.8) is 0 Å². The number of nitrogens with two attached hydrogens (primary N) is 2. The molecule has 32 heavy (non-hydrogen) atoms. The minimum atomic E-state index is 0.263. The number of anilines is 1. The van der Waals surface area contributed by atoms with Crippen LogP contribution in [-0.2, 0) is 0 Å². The summed E-state index contributed by atoms with van der Waals surface area (Å²) >= 11 is 0. The minimum Gasteiger partial charge on any atom is -0.436 e. The van der Waals surface area contributed by atoms with E-state index in [1.807, 2.05) is 53.2 Å². The first-order valence-corrected chi connectivity index (χ1v) is 10.9. The second-order valence-corrected chi connectivity index (χ2v) is 8.38. The molecule has 0 bridgehead atoms. The van der Waals surface area contributed by atoms with Gasteiger partial charge in [0.15, 0.2) is 11.2 Å². The molecule has 160 valence electrons. The van der Waals surface area contributed by atoms with Crippen molar-refractivity contribution in [3.05, 3.63) is 54.9 Å². The number of hydrogen-bond acceptors (Lipinski definition) is 7. The Kier molecular flexibility index (Phi) is 4.39. The van der Waals surface area contributed by atoms with Gasteiger partial charge in [-0.2, -0.15) is 5.10 Å². The molecule has 3 aromatic heterocycles. The Hall–Kier alpha value is -3.78. The summed E-state index contributed by atoms with van der Waals surface area (Å²) in [6.07, 6.45) is 5.45. The second kappa shape index (κ2) is 7.42. The van der Waals surface area contributed by atoms with Gasteiger partial charge in [-0.25, -0.2) is 19.6 Å². The molecule has 3 heterocycles. The molecule has 1 aliphatic carbocycles. The molecule has 8 nitrogen and oxygen atoms in total. The molecule has 1 saturated carbocycles. The van der Waals surface area contributed by atoms with Crippen LogP contribution in [0.2, 0.25) is 0 Å². The van der Waals surface area contributed by atoms with Crippen LogP contribution in [0.4, 0.5) is 5.82 Å². The van der Waals surface area contributed by atoms with Crippen LogP contribution in [0.3, 0.4) is 0 Å². The van der Waals surface area contributed by atoms with E-state index in [-0.39, 0.29) is 12.1 Å². The molecule has 0 spiro atoms. The van der Waals surface area contributed by atoms with Crippen molar-refractivity contribution in [2.45, 2.75) is 37.8 Å². The van der Waals surface area contributed by atoms with Crippen LogP contribution < -0.4 is 11.5 Å². The van der Waals surface area contributed by atoms with Crippen LogP contribution >= 0.6 is 0 Å². The first-order valence-electron chi connectivity index (χ1n) is 10.9. The van der Waals surface area contributed by atoms with E-state index in [0.29, 0.717) is 11.7 Å². The van der Waals surface area contributed by atoms with E-state index in [0.717, 1.165) is 64.6 Å². The Morgan fingerprint density at radius 2 is 1.66 bits per heavy atom. The van der Waals surface area contributed by atoms with E-state index in [2.05, 4.69) is 15.0 Å². The number of para-hydroxylation sites is 2. The highest BCUT2D eigenvalue weighted by molar-refractivity contribution is 5.98. The topological polar surface area (TPSA) is 122 Å². The van der Waals surface area contributed by atoms with E-state index < -0.39 is 0 Å². The molecule has 2 aromatic carbocycles. The fourth-order valence-corrected chi connectivity index (χ4v) is 4.56. The summed E-state index contributed by atoms with van der Waals surface area (Å²) < 4.78 is 7.92.